The van der Waals surface area contributed by atoms with E-state index in [0.717, 1.165) is 69.0 Å². The fourth-order valence-corrected chi connectivity index (χ4v) is 3.87. The molecule has 3 aliphatic heterocycles. The summed E-state index contributed by atoms with van der Waals surface area (Å²) in [6, 6.07) is 5.17. The quantitative estimate of drug-likeness (QED) is 0.381. The van der Waals surface area contributed by atoms with Crippen LogP contribution in [0.3, 0.4) is 0 Å². The van der Waals surface area contributed by atoms with Crippen LogP contribution in [-0.2, 0) is 16.0 Å². The Hall–Kier alpha value is -2.74. The first-order valence-electron chi connectivity index (χ1n) is 10.8. The number of Topliss-reactive ketones (excluding diaryl/α,β-unsaturated/α-hetero) is 1. The molecule has 0 atom stereocenters. The largest absolute Gasteiger partial charge is 0.478 e. The molecule has 31 heavy (non-hydrogen) atoms. The van der Waals surface area contributed by atoms with Crippen LogP contribution in [0.4, 0.5) is 0 Å². The van der Waals surface area contributed by atoms with E-state index in [2.05, 4.69) is 19.6 Å². The molecular formula is C23H27N3O4S. The van der Waals surface area contributed by atoms with Gasteiger partial charge >= 0.3 is 5.97 Å². The van der Waals surface area contributed by atoms with E-state index >= 15 is 0 Å². The van der Waals surface area contributed by atoms with Gasteiger partial charge in [0.15, 0.2) is 0 Å². The molecule has 0 unspecified atom stereocenters. The third kappa shape index (κ3) is 4.95. The van der Waals surface area contributed by atoms with Gasteiger partial charge in [-0.1, -0.05) is 13.3 Å². The molecule has 0 aromatic heterocycles. The SMILES string of the molecule is CCCCc1cc(S)ccc1C(=O)O.O=C1C=C(N2CC2)C(=O)C(N2CC2)=C1N1CC1. The smallest absolute Gasteiger partial charge is 0.335 e. The number of carboxylic acids is 1. The van der Waals surface area contributed by atoms with E-state index < -0.39 is 5.97 Å². The molecule has 0 amide bonds. The minimum atomic E-state index is -0.857. The zero-order valence-electron chi connectivity index (χ0n) is 17.6. The molecule has 8 heteroatoms. The van der Waals surface area contributed by atoms with E-state index in [0.29, 0.717) is 22.7 Å². The van der Waals surface area contributed by atoms with Crippen molar-refractivity contribution >= 4 is 30.2 Å². The van der Waals surface area contributed by atoms with Crippen LogP contribution < -0.4 is 0 Å². The van der Waals surface area contributed by atoms with Crippen molar-refractivity contribution in [1.82, 2.24) is 14.7 Å². The first-order valence-corrected chi connectivity index (χ1v) is 11.2. The fourth-order valence-electron chi connectivity index (χ4n) is 3.64. The van der Waals surface area contributed by atoms with Gasteiger partial charge in [-0.2, -0.15) is 0 Å². The van der Waals surface area contributed by atoms with Crippen LogP contribution in [0.25, 0.3) is 0 Å². The zero-order chi connectivity index (χ0) is 22.1. The summed E-state index contributed by atoms with van der Waals surface area (Å²) < 4.78 is 0. The summed E-state index contributed by atoms with van der Waals surface area (Å²) in [4.78, 5) is 42.2. The molecule has 4 aliphatic rings. The Morgan fingerprint density at radius 2 is 1.61 bits per heavy atom. The number of carboxylic acid groups (broad SMARTS) is 1. The van der Waals surface area contributed by atoms with Gasteiger partial charge in [-0.25, -0.2) is 4.79 Å². The van der Waals surface area contributed by atoms with Crippen LogP contribution >= 0.6 is 12.6 Å². The van der Waals surface area contributed by atoms with E-state index in [9.17, 15) is 14.4 Å². The lowest BCUT2D eigenvalue weighted by atomic mass is 10.0. The van der Waals surface area contributed by atoms with Crippen molar-refractivity contribution in [2.75, 3.05) is 39.3 Å². The summed E-state index contributed by atoms with van der Waals surface area (Å²) in [5.74, 6) is -0.808. The van der Waals surface area contributed by atoms with Crippen molar-refractivity contribution in [2.45, 2.75) is 31.1 Å². The van der Waals surface area contributed by atoms with Crippen molar-refractivity contribution in [3.05, 3.63) is 52.5 Å². The molecule has 3 fully saturated rings. The van der Waals surface area contributed by atoms with Gasteiger partial charge in [0, 0.05) is 50.2 Å². The predicted octanol–water partition coefficient (Wildman–Crippen LogP) is 2.20. The highest BCUT2D eigenvalue weighted by molar-refractivity contribution is 7.80. The fraction of sp³-hybridized carbons (Fsp3) is 0.435. The lowest BCUT2D eigenvalue weighted by molar-refractivity contribution is -0.117. The number of ketones is 2. The molecular weight excluding hydrogens is 414 g/mol. The van der Waals surface area contributed by atoms with Gasteiger partial charge in [0.2, 0.25) is 11.6 Å². The van der Waals surface area contributed by atoms with Gasteiger partial charge in [0.1, 0.15) is 11.4 Å². The minimum absolute atomic E-state index is 0.00546. The molecule has 3 heterocycles. The number of nitrogens with zero attached hydrogens (tertiary/aromatic N) is 3. The van der Waals surface area contributed by atoms with Crippen LogP contribution in [0.5, 0.6) is 0 Å². The van der Waals surface area contributed by atoms with Crippen molar-refractivity contribution < 1.29 is 19.5 Å². The van der Waals surface area contributed by atoms with Crippen LogP contribution in [0.1, 0.15) is 35.7 Å². The highest BCUT2D eigenvalue weighted by Gasteiger charge is 2.43. The van der Waals surface area contributed by atoms with Gasteiger partial charge in [0.25, 0.3) is 0 Å². The zero-order valence-corrected chi connectivity index (χ0v) is 18.5. The summed E-state index contributed by atoms with van der Waals surface area (Å²) in [5, 5.41) is 8.93. The van der Waals surface area contributed by atoms with Gasteiger partial charge in [0.05, 0.1) is 11.3 Å². The predicted molar refractivity (Wildman–Crippen MR) is 119 cm³/mol. The van der Waals surface area contributed by atoms with E-state index in [1.54, 1.807) is 12.1 Å². The van der Waals surface area contributed by atoms with Crippen LogP contribution in [0, 0.1) is 0 Å². The van der Waals surface area contributed by atoms with E-state index in [1.807, 2.05) is 20.8 Å². The minimum Gasteiger partial charge on any atom is -0.478 e. The van der Waals surface area contributed by atoms with Crippen LogP contribution in [-0.4, -0.2) is 76.6 Å². The molecule has 0 spiro atoms. The van der Waals surface area contributed by atoms with Gasteiger partial charge in [-0.15, -0.1) is 12.6 Å². The lowest BCUT2D eigenvalue weighted by Gasteiger charge is -2.21. The second-order valence-electron chi connectivity index (χ2n) is 8.13. The van der Waals surface area contributed by atoms with Crippen LogP contribution in [0.15, 0.2) is 46.3 Å². The molecule has 1 aliphatic carbocycles. The molecule has 1 N–H and O–H groups in total. The number of carbonyl (C=O) groups excluding carboxylic acids is 2. The Bertz CT molecular complexity index is 989. The monoisotopic (exact) mass is 441 g/mol. The van der Waals surface area contributed by atoms with Crippen molar-refractivity contribution in [3.8, 4) is 0 Å². The second kappa shape index (κ2) is 8.78. The highest BCUT2D eigenvalue weighted by atomic mass is 32.1. The first-order chi connectivity index (χ1) is 14.9. The molecule has 3 saturated heterocycles. The van der Waals surface area contributed by atoms with E-state index in [1.165, 1.54) is 6.08 Å². The van der Waals surface area contributed by atoms with Gasteiger partial charge in [-0.3, -0.25) is 9.59 Å². The molecule has 164 valence electrons. The van der Waals surface area contributed by atoms with Crippen molar-refractivity contribution in [3.63, 3.8) is 0 Å². The van der Waals surface area contributed by atoms with Crippen molar-refractivity contribution in [1.29, 1.82) is 0 Å². The summed E-state index contributed by atoms with van der Waals surface area (Å²) in [6.45, 7) is 7.49. The molecule has 1 aromatic carbocycles. The average Bonchev–Trinajstić information content (AvgIpc) is 3.56. The molecule has 0 radical (unpaired) electrons. The Balaban J connectivity index is 0.000000153. The number of aromatic carboxylic acids is 1. The maximum Gasteiger partial charge on any atom is 0.335 e. The second-order valence-corrected chi connectivity index (χ2v) is 8.65. The molecule has 1 aromatic rings. The van der Waals surface area contributed by atoms with E-state index in [-0.39, 0.29) is 11.6 Å². The number of unbranched alkanes of at least 4 members (excludes halogenated alkanes) is 1. The highest BCUT2D eigenvalue weighted by Crippen LogP contribution is 2.33. The number of carbonyl (C=O) groups is 3. The number of rotatable bonds is 7. The van der Waals surface area contributed by atoms with E-state index in [4.69, 9.17) is 5.11 Å². The number of hydrogen-bond acceptors (Lipinski definition) is 7. The standard InChI is InChI=1S/C12H13N3O2.C11H14O2S/c16-9-7-8(13-1-2-13)12(17)11(15-5-6-15)10(9)14-3-4-14;1-2-3-4-8-7-9(14)5-6-10(8)11(12)13/h7H,1-6H2;5-7,14H,2-4H2,1H3,(H,12,13). The summed E-state index contributed by atoms with van der Waals surface area (Å²) >= 11 is 4.20. The number of allylic oxidation sites excluding steroid dienone is 1. The molecule has 0 bridgehead atoms. The normalized spacial score (nSPS) is 19.2. The number of benzene rings is 1. The average molecular weight is 442 g/mol. The summed E-state index contributed by atoms with van der Waals surface area (Å²) in [7, 11) is 0. The molecule has 0 saturated carbocycles. The number of aryl methyl sites for hydroxylation is 1. The Kier molecular flexibility index (Phi) is 6.09. The third-order valence-corrected chi connectivity index (χ3v) is 5.89. The molecule has 7 nitrogen and oxygen atoms in total. The number of hydrogen-bond donors (Lipinski definition) is 2. The third-order valence-electron chi connectivity index (χ3n) is 5.61. The van der Waals surface area contributed by atoms with Gasteiger partial charge in [-0.05, 0) is 36.6 Å². The molecule has 5 rings (SSSR count). The first kappa shape index (κ1) is 21.5. The number of thiol groups is 1. The maximum atomic E-state index is 12.4. The van der Waals surface area contributed by atoms with Crippen LogP contribution in [0.2, 0.25) is 0 Å². The summed E-state index contributed by atoms with van der Waals surface area (Å²) in [5.41, 5.74) is 3.17. The lowest BCUT2D eigenvalue weighted by Crippen LogP contribution is -2.29. The van der Waals surface area contributed by atoms with Crippen molar-refractivity contribution in [2.24, 2.45) is 0 Å². The summed E-state index contributed by atoms with van der Waals surface area (Å²) in [6.07, 6.45) is 4.41. The topological polar surface area (TPSA) is 80.5 Å². The Labute approximate surface area is 187 Å². The Morgan fingerprint density at radius 1 is 1.00 bits per heavy atom. The maximum absolute atomic E-state index is 12.4. The Morgan fingerprint density at radius 3 is 2.16 bits per heavy atom. The van der Waals surface area contributed by atoms with Gasteiger partial charge < -0.3 is 19.8 Å².